The van der Waals surface area contributed by atoms with Crippen LogP contribution in [0.3, 0.4) is 0 Å². The second-order valence-corrected chi connectivity index (χ2v) is 10.1. The van der Waals surface area contributed by atoms with E-state index in [1.54, 1.807) is 35.8 Å². The number of rotatable bonds is 6. The molecule has 3 aromatic rings. The number of morpholine rings is 1. The van der Waals surface area contributed by atoms with Crippen molar-refractivity contribution in [2.75, 3.05) is 37.9 Å². The Balaban J connectivity index is 1.64. The molecule has 1 N–H and O–H groups in total. The van der Waals surface area contributed by atoms with E-state index in [0.717, 1.165) is 0 Å². The van der Waals surface area contributed by atoms with Gasteiger partial charge in [-0.1, -0.05) is 17.8 Å². The monoisotopic (exact) mass is 490 g/mol. The third-order valence-corrected chi connectivity index (χ3v) is 7.96. The number of hydrogen-bond acceptors (Lipinski definition) is 6. The quantitative estimate of drug-likeness (QED) is 0.533. The summed E-state index contributed by atoms with van der Waals surface area (Å²) in [6.07, 6.45) is 3.26. The molecule has 11 heteroatoms. The molecule has 1 amide bonds. The Hall–Kier alpha value is -2.73. The van der Waals surface area contributed by atoms with Crippen molar-refractivity contribution in [1.82, 2.24) is 13.9 Å². The normalized spacial score (nSPS) is 14.9. The first-order valence-corrected chi connectivity index (χ1v) is 12.9. The molecule has 0 unspecified atom stereocenters. The molecule has 1 fully saturated rings. The lowest BCUT2D eigenvalue weighted by Crippen LogP contribution is -2.40. The third kappa shape index (κ3) is 4.81. The Morgan fingerprint density at radius 3 is 2.52 bits per heavy atom. The molecule has 0 atom stereocenters. The number of imidazole rings is 1. The first kappa shape index (κ1) is 23.4. The first-order chi connectivity index (χ1) is 15.8. The van der Waals surface area contributed by atoms with E-state index in [-0.39, 0.29) is 29.5 Å². The molecule has 33 heavy (non-hydrogen) atoms. The number of amides is 1. The fraction of sp³-hybridized carbons (Fsp3) is 0.273. The van der Waals surface area contributed by atoms with Crippen molar-refractivity contribution in [1.29, 1.82) is 0 Å². The van der Waals surface area contributed by atoms with Gasteiger partial charge in [-0.15, -0.1) is 0 Å². The van der Waals surface area contributed by atoms with Crippen LogP contribution in [0.2, 0.25) is 0 Å². The highest BCUT2D eigenvalue weighted by Crippen LogP contribution is 2.26. The minimum atomic E-state index is -3.73. The molecular formula is C22H23FN4O4S2. The van der Waals surface area contributed by atoms with Crippen LogP contribution in [-0.2, 0) is 14.8 Å². The molecule has 0 saturated carbocycles. The lowest BCUT2D eigenvalue weighted by atomic mass is 10.2. The zero-order valence-electron chi connectivity index (χ0n) is 18.1. The molecular weight excluding hydrogens is 467 g/mol. The predicted molar refractivity (Wildman–Crippen MR) is 124 cm³/mol. The van der Waals surface area contributed by atoms with E-state index in [1.807, 2.05) is 6.26 Å². The molecule has 8 nitrogen and oxygen atoms in total. The lowest BCUT2D eigenvalue weighted by Gasteiger charge is -2.26. The predicted octanol–water partition coefficient (Wildman–Crippen LogP) is 3.31. The van der Waals surface area contributed by atoms with Gasteiger partial charge in [0, 0.05) is 24.5 Å². The van der Waals surface area contributed by atoms with Crippen LogP contribution in [-0.4, -0.2) is 60.7 Å². The summed E-state index contributed by atoms with van der Waals surface area (Å²) < 4.78 is 47.9. The van der Waals surface area contributed by atoms with Gasteiger partial charge in [-0.3, -0.25) is 9.36 Å². The number of aryl methyl sites for hydroxylation is 1. The van der Waals surface area contributed by atoms with Crippen molar-refractivity contribution >= 4 is 33.4 Å². The van der Waals surface area contributed by atoms with Crippen LogP contribution in [0.15, 0.2) is 58.7 Å². The number of ether oxygens (including phenoxy) is 1. The Kier molecular flexibility index (Phi) is 6.84. The van der Waals surface area contributed by atoms with Gasteiger partial charge in [0.25, 0.3) is 5.91 Å². The summed E-state index contributed by atoms with van der Waals surface area (Å²) >= 11 is 1.35. The van der Waals surface area contributed by atoms with E-state index < -0.39 is 15.9 Å². The zero-order valence-corrected chi connectivity index (χ0v) is 19.7. The highest BCUT2D eigenvalue weighted by atomic mass is 32.2. The maximum atomic E-state index is 13.4. The smallest absolute Gasteiger partial charge is 0.274 e. The number of anilines is 1. The van der Waals surface area contributed by atoms with Gasteiger partial charge in [0.2, 0.25) is 10.0 Å². The largest absolute Gasteiger partial charge is 0.379 e. The highest BCUT2D eigenvalue weighted by molar-refractivity contribution is 7.98. The summed E-state index contributed by atoms with van der Waals surface area (Å²) in [7, 11) is -3.73. The molecule has 1 saturated heterocycles. The van der Waals surface area contributed by atoms with Crippen LogP contribution in [0.5, 0.6) is 0 Å². The molecule has 1 aromatic heterocycles. The molecule has 1 aliphatic heterocycles. The summed E-state index contributed by atoms with van der Waals surface area (Å²) in [6.45, 7) is 2.98. The molecule has 174 valence electrons. The fourth-order valence-corrected chi connectivity index (χ4v) is 5.76. The maximum Gasteiger partial charge on any atom is 0.274 e. The summed E-state index contributed by atoms with van der Waals surface area (Å²) in [5.74, 6) is -0.852. The van der Waals surface area contributed by atoms with E-state index in [1.165, 1.54) is 40.5 Å². The summed E-state index contributed by atoms with van der Waals surface area (Å²) in [6, 6.07) is 10.5. The second-order valence-electron chi connectivity index (χ2n) is 7.39. The van der Waals surface area contributed by atoms with Gasteiger partial charge in [-0.05, 0) is 55.1 Å². The Labute approximate surface area is 195 Å². The van der Waals surface area contributed by atoms with Crippen molar-refractivity contribution in [3.63, 3.8) is 0 Å². The molecule has 4 rings (SSSR count). The van der Waals surface area contributed by atoms with Crippen LogP contribution < -0.4 is 5.32 Å². The van der Waals surface area contributed by atoms with E-state index >= 15 is 0 Å². The summed E-state index contributed by atoms with van der Waals surface area (Å²) in [5.41, 5.74) is 1.75. The van der Waals surface area contributed by atoms with Gasteiger partial charge in [0.05, 0.1) is 24.3 Å². The standard InChI is InChI=1S/C22H23FN4O4S2/c1-15-3-6-17(13-20(15)33(29,30)26-9-11-31-12-10-26)25-21(28)19-14-24-22(32-2)27(19)18-7-4-16(23)5-8-18/h3-8,13-14H,9-12H2,1-2H3,(H,25,28). The minimum absolute atomic E-state index is 0.138. The van der Waals surface area contributed by atoms with E-state index in [9.17, 15) is 17.6 Å². The Morgan fingerprint density at radius 1 is 1.15 bits per heavy atom. The SMILES string of the molecule is CSc1ncc(C(=O)Nc2ccc(C)c(S(=O)(=O)N3CCOCC3)c2)n1-c1ccc(F)cc1. The number of sulfonamides is 1. The highest BCUT2D eigenvalue weighted by Gasteiger charge is 2.28. The van der Waals surface area contributed by atoms with Gasteiger partial charge >= 0.3 is 0 Å². The second kappa shape index (κ2) is 9.64. The third-order valence-electron chi connectivity index (χ3n) is 5.26. The number of nitrogens with one attached hydrogen (secondary N) is 1. The maximum absolute atomic E-state index is 13.4. The number of hydrogen-bond donors (Lipinski definition) is 1. The molecule has 2 heterocycles. The Morgan fingerprint density at radius 2 is 1.85 bits per heavy atom. The van der Waals surface area contributed by atoms with E-state index in [4.69, 9.17) is 4.74 Å². The lowest BCUT2D eigenvalue weighted by molar-refractivity contribution is 0.0730. The number of carbonyl (C=O) groups excluding carboxylic acids is 1. The number of halogens is 1. The van der Waals surface area contributed by atoms with Gasteiger partial charge < -0.3 is 10.1 Å². The van der Waals surface area contributed by atoms with Gasteiger partial charge in [-0.25, -0.2) is 17.8 Å². The first-order valence-electron chi connectivity index (χ1n) is 10.2. The van der Waals surface area contributed by atoms with Crippen LogP contribution in [0, 0.1) is 12.7 Å². The number of benzene rings is 2. The van der Waals surface area contributed by atoms with Crippen LogP contribution in [0.4, 0.5) is 10.1 Å². The van der Waals surface area contributed by atoms with Crippen molar-refractivity contribution in [2.45, 2.75) is 17.0 Å². The molecule has 2 aromatic carbocycles. The number of nitrogens with zero attached hydrogens (tertiary/aromatic N) is 3. The molecule has 0 aliphatic carbocycles. The van der Waals surface area contributed by atoms with Gasteiger partial charge in [0.1, 0.15) is 11.5 Å². The fourth-order valence-electron chi connectivity index (χ4n) is 3.56. The van der Waals surface area contributed by atoms with Crippen molar-refractivity contribution in [3.8, 4) is 5.69 Å². The van der Waals surface area contributed by atoms with Crippen LogP contribution in [0.1, 0.15) is 16.1 Å². The topological polar surface area (TPSA) is 93.5 Å². The summed E-state index contributed by atoms with van der Waals surface area (Å²) in [5, 5.41) is 3.33. The molecule has 0 spiro atoms. The van der Waals surface area contributed by atoms with Crippen molar-refractivity contribution < 1.29 is 22.3 Å². The van der Waals surface area contributed by atoms with Crippen LogP contribution >= 0.6 is 11.8 Å². The van der Waals surface area contributed by atoms with E-state index in [0.29, 0.717) is 35.3 Å². The summed E-state index contributed by atoms with van der Waals surface area (Å²) in [4.78, 5) is 17.5. The average Bonchev–Trinajstić information content (AvgIpc) is 3.25. The molecule has 0 bridgehead atoms. The van der Waals surface area contributed by atoms with E-state index in [2.05, 4.69) is 10.3 Å². The zero-order chi connectivity index (χ0) is 23.6. The molecule has 1 aliphatic rings. The number of thioether (sulfide) groups is 1. The van der Waals surface area contributed by atoms with Gasteiger partial charge in [0.15, 0.2) is 5.16 Å². The average molecular weight is 491 g/mol. The minimum Gasteiger partial charge on any atom is -0.379 e. The number of carbonyl (C=O) groups is 1. The van der Waals surface area contributed by atoms with Gasteiger partial charge in [-0.2, -0.15) is 4.31 Å². The van der Waals surface area contributed by atoms with Crippen molar-refractivity contribution in [2.24, 2.45) is 0 Å². The van der Waals surface area contributed by atoms with Crippen LogP contribution in [0.25, 0.3) is 5.69 Å². The number of aromatic nitrogens is 2. The van der Waals surface area contributed by atoms with Crippen molar-refractivity contribution in [3.05, 3.63) is 65.7 Å². The Bertz CT molecular complexity index is 1270. The molecule has 0 radical (unpaired) electrons.